The molecule has 6 nitrogen and oxygen atoms in total. The molecule has 0 fully saturated rings. The van der Waals surface area contributed by atoms with Gasteiger partial charge in [0.1, 0.15) is 12.2 Å². The zero-order chi connectivity index (χ0) is 19.1. The third-order valence-electron chi connectivity index (χ3n) is 4.35. The third-order valence-corrected chi connectivity index (χ3v) is 6.68. The van der Waals surface area contributed by atoms with Crippen LogP contribution in [0.15, 0.2) is 27.7 Å². The van der Waals surface area contributed by atoms with E-state index in [4.69, 9.17) is 4.74 Å². The van der Waals surface area contributed by atoms with Crippen molar-refractivity contribution < 1.29 is 4.74 Å². The van der Waals surface area contributed by atoms with Crippen molar-refractivity contribution in [3.8, 4) is 11.5 Å². The van der Waals surface area contributed by atoms with E-state index < -0.39 is 8.07 Å². The topological polar surface area (TPSA) is 64.8 Å². The maximum Gasteiger partial charge on any atom is 0.274 e. The molecular weight excluding hydrogens is 412 g/mol. The Morgan fingerprint density at radius 2 is 2.08 bits per heavy atom. The molecule has 0 bridgehead atoms. The minimum absolute atomic E-state index is 0.0495. The smallest absolute Gasteiger partial charge is 0.274 e. The van der Waals surface area contributed by atoms with Crippen molar-refractivity contribution in [3.05, 3.63) is 39.0 Å². The van der Waals surface area contributed by atoms with E-state index in [0.29, 0.717) is 18.9 Å². The van der Waals surface area contributed by atoms with Gasteiger partial charge in [-0.3, -0.25) is 4.79 Å². The average Bonchev–Trinajstić information content (AvgIpc) is 3.12. The van der Waals surface area contributed by atoms with Crippen LogP contribution in [0, 0.1) is 6.92 Å². The van der Waals surface area contributed by atoms with Crippen molar-refractivity contribution in [1.29, 1.82) is 0 Å². The third kappa shape index (κ3) is 3.87. The molecule has 3 aromatic rings. The fourth-order valence-electron chi connectivity index (χ4n) is 2.83. The number of pyridine rings is 1. The monoisotopic (exact) mass is 436 g/mol. The maximum atomic E-state index is 12.8. The van der Waals surface area contributed by atoms with Gasteiger partial charge in [-0.15, -0.1) is 0 Å². The number of rotatable bonds is 6. The highest BCUT2D eigenvalue weighted by molar-refractivity contribution is 9.10. The fraction of sp³-hybridized carbons (Fsp3) is 0.444. The van der Waals surface area contributed by atoms with Gasteiger partial charge in [0.15, 0.2) is 5.82 Å². The molecule has 0 aliphatic heterocycles. The Morgan fingerprint density at radius 3 is 2.69 bits per heavy atom. The van der Waals surface area contributed by atoms with E-state index in [9.17, 15) is 4.79 Å². The van der Waals surface area contributed by atoms with Gasteiger partial charge >= 0.3 is 0 Å². The highest BCUT2D eigenvalue weighted by Gasteiger charge is 2.19. The van der Waals surface area contributed by atoms with Crippen LogP contribution in [0.3, 0.4) is 0 Å². The lowest BCUT2D eigenvalue weighted by Crippen LogP contribution is -2.23. The summed E-state index contributed by atoms with van der Waals surface area (Å²) in [6, 6.07) is 3.07. The number of imidazole rings is 1. The van der Waals surface area contributed by atoms with Gasteiger partial charge in [0.2, 0.25) is 0 Å². The quantitative estimate of drug-likeness (QED) is 0.466. The number of fused-ring (bicyclic) bond motifs is 1. The molecule has 0 unspecified atom stereocenters. The summed E-state index contributed by atoms with van der Waals surface area (Å²) in [7, 11) is 0.595. The minimum atomic E-state index is -1.16. The van der Waals surface area contributed by atoms with Crippen molar-refractivity contribution in [2.24, 2.45) is 7.05 Å². The average molecular weight is 437 g/mol. The van der Waals surface area contributed by atoms with Crippen LogP contribution >= 0.6 is 15.9 Å². The van der Waals surface area contributed by atoms with Gasteiger partial charge in [0.25, 0.3) is 5.56 Å². The molecule has 0 saturated carbocycles. The molecule has 0 amide bonds. The number of nitrogens with one attached hydrogen (secondary N) is 1. The summed E-state index contributed by atoms with van der Waals surface area (Å²) in [5.74, 6) is 0.737. The van der Waals surface area contributed by atoms with Crippen LogP contribution in [-0.2, 0) is 18.5 Å². The molecule has 1 N–H and O–H groups in total. The van der Waals surface area contributed by atoms with Crippen LogP contribution in [0.4, 0.5) is 0 Å². The number of ether oxygens (including phenoxy) is 1. The number of H-pyrrole nitrogens is 1. The molecule has 0 radical (unpaired) electrons. The number of halogens is 1. The Bertz CT molecular complexity index is 997. The van der Waals surface area contributed by atoms with E-state index in [2.05, 4.69) is 45.5 Å². The van der Waals surface area contributed by atoms with Gasteiger partial charge in [-0.05, 0) is 35.0 Å². The molecular formula is C18H25BrN4O2Si. The summed E-state index contributed by atoms with van der Waals surface area (Å²) in [6.45, 7) is 9.96. The fourth-order valence-corrected chi connectivity index (χ4v) is 4.20. The van der Waals surface area contributed by atoms with Crippen molar-refractivity contribution in [3.63, 3.8) is 0 Å². The minimum Gasteiger partial charge on any atom is -0.361 e. The van der Waals surface area contributed by atoms with Gasteiger partial charge in [0, 0.05) is 49.7 Å². The molecule has 0 aliphatic carbocycles. The summed E-state index contributed by atoms with van der Waals surface area (Å²) in [4.78, 5) is 20.5. The predicted octanol–water partition coefficient (Wildman–Crippen LogP) is 4.11. The molecule has 3 aromatic heterocycles. The number of aryl methyl sites for hydroxylation is 2. The molecule has 140 valence electrons. The van der Waals surface area contributed by atoms with Crippen LogP contribution in [0.5, 0.6) is 0 Å². The standard InChI is InChI=1S/C18H25BrN4O2Si/c1-12-9-20-17(21-12)15-8-13-14(19)10-22(2)18(24)16(13)23(15)11-25-6-7-26(3,4)5/h8-10H,6-7,11H2,1-5H3,(H,20,21). The van der Waals surface area contributed by atoms with Crippen LogP contribution in [-0.4, -0.2) is 33.8 Å². The molecule has 0 atom stereocenters. The molecule has 0 saturated heterocycles. The Balaban J connectivity index is 2.06. The Hall–Kier alpha value is -1.64. The first-order chi connectivity index (χ1) is 12.2. The Labute approximate surface area is 162 Å². The summed E-state index contributed by atoms with van der Waals surface area (Å²) in [6.07, 6.45) is 3.58. The van der Waals surface area contributed by atoms with Crippen molar-refractivity contribution >= 4 is 34.9 Å². The van der Waals surface area contributed by atoms with Gasteiger partial charge < -0.3 is 18.9 Å². The second-order valence-corrected chi connectivity index (χ2v) is 14.4. The van der Waals surface area contributed by atoms with Crippen molar-refractivity contribution in [2.45, 2.75) is 39.3 Å². The van der Waals surface area contributed by atoms with Crippen LogP contribution < -0.4 is 5.56 Å². The molecule has 0 aliphatic rings. The Morgan fingerprint density at radius 1 is 1.35 bits per heavy atom. The number of aromatic amines is 1. The van der Waals surface area contributed by atoms with Gasteiger partial charge in [0.05, 0.1) is 5.69 Å². The van der Waals surface area contributed by atoms with Gasteiger partial charge in [-0.1, -0.05) is 19.6 Å². The number of hydrogen-bond acceptors (Lipinski definition) is 3. The van der Waals surface area contributed by atoms with E-state index in [1.807, 2.05) is 17.6 Å². The highest BCUT2D eigenvalue weighted by atomic mass is 79.9. The molecule has 8 heteroatoms. The first kappa shape index (κ1) is 19.1. The molecule has 0 spiro atoms. The van der Waals surface area contributed by atoms with Crippen LogP contribution in [0.1, 0.15) is 5.69 Å². The number of aromatic nitrogens is 4. The second-order valence-electron chi connectivity index (χ2n) is 7.88. The lowest BCUT2D eigenvalue weighted by Gasteiger charge is -2.16. The second kappa shape index (κ2) is 7.17. The van der Waals surface area contributed by atoms with Crippen molar-refractivity contribution in [2.75, 3.05) is 6.61 Å². The highest BCUT2D eigenvalue weighted by Crippen LogP contribution is 2.29. The molecule has 26 heavy (non-hydrogen) atoms. The molecule has 3 heterocycles. The van der Waals surface area contributed by atoms with E-state index in [-0.39, 0.29) is 5.56 Å². The Kier molecular flexibility index (Phi) is 5.27. The van der Waals surface area contributed by atoms with Crippen molar-refractivity contribution in [1.82, 2.24) is 19.1 Å². The van der Waals surface area contributed by atoms with Gasteiger partial charge in [-0.2, -0.15) is 0 Å². The summed E-state index contributed by atoms with van der Waals surface area (Å²) in [5, 5.41) is 0.867. The lowest BCUT2D eigenvalue weighted by atomic mass is 10.3. The summed E-state index contributed by atoms with van der Waals surface area (Å²) < 4.78 is 10.3. The SMILES string of the molecule is Cc1cnc(-c2cc3c(Br)cn(C)c(=O)c3n2COCC[Si](C)(C)C)[nH]1. The zero-order valence-corrected chi connectivity index (χ0v) is 18.5. The summed E-state index contributed by atoms with van der Waals surface area (Å²) >= 11 is 3.58. The van der Waals surface area contributed by atoms with E-state index in [1.165, 1.54) is 0 Å². The molecule has 3 rings (SSSR count). The van der Waals surface area contributed by atoms with E-state index in [1.54, 1.807) is 24.0 Å². The number of nitrogens with zero attached hydrogens (tertiary/aromatic N) is 3. The predicted molar refractivity (Wildman–Crippen MR) is 111 cm³/mol. The molecule has 0 aromatic carbocycles. The lowest BCUT2D eigenvalue weighted by molar-refractivity contribution is 0.0910. The number of hydrogen-bond donors (Lipinski definition) is 1. The largest absolute Gasteiger partial charge is 0.361 e. The summed E-state index contributed by atoms with van der Waals surface area (Å²) in [5.41, 5.74) is 2.40. The zero-order valence-electron chi connectivity index (χ0n) is 15.9. The maximum absolute atomic E-state index is 12.8. The first-order valence-corrected chi connectivity index (χ1v) is 13.2. The first-order valence-electron chi connectivity index (χ1n) is 8.65. The van der Waals surface area contributed by atoms with E-state index >= 15 is 0 Å². The van der Waals surface area contributed by atoms with Crippen LogP contribution in [0.2, 0.25) is 25.7 Å². The van der Waals surface area contributed by atoms with Crippen LogP contribution in [0.25, 0.3) is 22.4 Å². The van der Waals surface area contributed by atoms with Gasteiger partial charge in [-0.25, -0.2) is 4.98 Å². The van der Waals surface area contributed by atoms with E-state index in [0.717, 1.165) is 33.1 Å². The normalized spacial score (nSPS) is 12.2.